The summed E-state index contributed by atoms with van der Waals surface area (Å²) in [5.74, 6) is 2.07. The molecule has 0 bridgehead atoms. The van der Waals surface area contributed by atoms with Gasteiger partial charge in [-0.15, -0.1) is 0 Å². The first-order valence-electron chi connectivity index (χ1n) is 13.7. The van der Waals surface area contributed by atoms with Crippen LogP contribution in [0.3, 0.4) is 0 Å². The van der Waals surface area contributed by atoms with Gasteiger partial charge in [0.2, 0.25) is 0 Å². The van der Waals surface area contributed by atoms with Crippen LogP contribution in [0.25, 0.3) is 0 Å². The molecular weight excluding hydrogens is 408 g/mol. The predicted octanol–water partition coefficient (Wildman–Crippen LogP) is 7.30. The van der Waals surface area contributed by atoms with Crippen LogP contribution in [0.4, 0.5) is 0 Å². The lowest BCUT2D eigenvalue weighted by Gasteiger charge is -2.72. The number of hydrogen-bond acceptors (Lipinski definition) is 2. The van der Waals surface area contributed by atoms with Crippen LogP contribution in [0.2, 0.25) is 0 Å². The molecule has 0 aromatic heterocycles. The standard InChI is InChI=1S/C30H46O3/c1-18(2)19-10-15-30(25(32)33)17-16-28(6)20(24(19)30)8-9-22-27(5)13-12-23(31)26(3,4)21(27)11-14-29(22,28)7/h19-22,24H,1,8-17H2,2-7H3,(H,32,33)/t19-,20+,21?,22+,24?,27-,28+,29+,30-/m0/s1. The Bertz CT molecular complexity index is 902. The van der Waals surface area contributed by atoms with Crippen molar-refractivity contribution in [1.82, 2.24) is 0 Å². The van der Waals surface area contributed by atoms with E-state index in [-0.39, 0.29) is 27.6 Å². The van der Waals surface area contributed by atoms with Crippen molar-refractivity contribution in [2.45, 2.75) is 106 Å². The largest absolute Gasteiger partial charge is 0.481 e. The molecule has 0 radical (unpaired) electrons. The van der Waals surface area contributed by atoms with E-state index in [4.69, 9.17) is 0 Å². The SMILES string of the molecule is C=C(C)[C@@H]1CC[C@]2(C(=O)O)CC[C@]3(C)[C@H](CC[C@@H]4[C@@]5(C)CCC(=O)C(C)(C)C5CC[C@]43C)C12. The minimum atomic E-state index is -0.547. The highest BCUT2D eigenvalue weighted by atomic mass is 16.4. The minimum absolute atomic E-state index is 0.164. The van der Waals surface area contributed by atoms with Crippen molar-refractivity contribution in [2.75, 3.05) is 0 Å². The van der Waals surface area contributed by atoms with Gasteiger partial charge in [-0.1, -0.05) is 46.8 Å². The molecule has 0 aromatic carbocycles. The number of carboxylic acids is 1. The van der Waals surface area contributed by atoms with Crippen LogP contribution >= 0.6 is 0 Å². The van der Waals surface area contributed by atoms with E-state index in [2.05, 4.69) is 48.1 Å². The van der Waals surface area contributed by atoms with Gasteiger partial charge >= 0.3 is 5.97 Å². The molecule has 0 spiro atoms. The van der Waals surface area contributed by atoms with Crippen molar-refractivity contribution in [3.8, 4) is 0 Å². The molecule has 2 unspecified atom stereocenters. The van der Waals surface area contributed by atoms with Gasteiger partial charge in [0.1, 0.15) is 5.78 Å². The third kappa shape index (κ3) is 2.69. The number of hydrogen-bond donors (Lipinski definition) is 1. The Labute approximate surface area is 201 Å². The number of carbonyl (C=O) groups is 2. The Morgan fingerprint density at radius 2 is 1.58 bits per heavy atom. The van der Waals surface area contributed by atoms with Gasteiger partial charge in [-0.2, -0.15) is 0 Å². The summed E-state index contributed by atoms with van der Waals surface area (Å²) in [6.07, 6.45) is 10.1. The zero-order chi connectivity index (χ0) is 24.2. The monoisotopic (exact) mass is 454 g/mol. The van der Waals surface area contributed by atoms with Gasteiger partial charge in [0, 0.05) is 11.8 Å². The molecule has 9 atom stereocenters. The van der Waals surface area contributed by atoms with Gasteiger partial charge in [-0.25, -0.2) is 0 Å². The van der Waals surface area contributed by atoms with Crippen LogP contribution in [0.1, 0.15) is 106 Å². The number of ketones is 1. The molecule has 184 valence electrons. The number of rotatable bonds is 2. The zero-order valence-electron chi connectivity index (χ0n) is 21.9. The Hall–Kier alpha value is -1.12. The van der Waals surface area contributed by atoms with E-state index in [0.29, 0.717) is 29.5 Å². The zero-order valence-corrected chi connectivity index (χ0v) is 21.9. The third-order valence-electron chi connectivity index (χ3n) is 13.2. The molecule has 5 aliphatic rings. The maximum atomic E-state index is 12.9. The van der Waals surface area contributed by atoms with Crippen molar-refractivity contribution in [3.05, 3.63) is 12.2 Å². The van der Waals surface area contributed by atoms with E-state index >= 15 is 0 Å². The Balaban J connectivity index is 1.57. The molecule has 0 aromatic rings. The summed E-state index contributed by atoms with van der Waals surface area (Å²) < 4.78 is 0. The van der Waals surface area contributed by atoms with Gasteiger partial charge in [0.05, 0.1) is 5.41 Å². The number of Topliss-reactive ketones (excluding diaryl/α,β-unsaturated/α-hetero) is 1. The van der Waals surface area contributed by atoms with Gasteiger partial charge in [-0.3, -0.25) is 9.59 Å². The molecule has 5 fully saturated rings. The molecule has 3 heteroatoms. The lowest BCUT2D eigenvalue weighted by atomic mass is 9.32. The molecule has 5 rings (SSSR count). The van der Waals surface area contributed by atoms with Crippen molar-refractivity contribution in [1.29, 1.82) is 0 Å². The highest BCUT2D eigenvalue weighted by Crippen LogP contribution is 2.77. The Morgan fingerprint density at radius 1 is 0.879 bits per heavy atom. The van der Waals surface area contributed by atoms with Gasteiger partial charge in [-0.05, 0) is 111 Å². The second-order valence-electron chi connectivity index (χ2n) is 14.3. The summed E-state index contributed by atoms with van der Waals surface area (Å²) in [5, 5.41) is 10.5. The summed E-state index contributed by atoms with van der Waals surface area (Å²) >= 11 is 0. The van der Waals surface area contributed by atoms with E-state index in [1.54, 1.807) is 0 Å². The molecule has 0 saturated heterocycles. The maximum absolute atomic E-state index is 12.9. The molecule has 5 aliphatic carbocycles. The van der Waals surface area contributed by atoms with E-state index in [1.807, 2.05) is 0 Å². The third-order valence-corrected chi connectivity index (χ3v) is 13.2. The summed E-state index contributed by atoms with van der Waals surface area (Å²) in [4.78, 5) is 25.7. The second kappa shape index (κ2) is 6.97. The van der Waals surface area contributed by atoms with E-state index < -0.39 is 11.4 Å². The number of fused-ring (bicyclic) bond motifs is 7. The van der Waals surface area contributed by atoms with Crippen LogP contribution in [0.15, 0.2) is 12.2 Å². The number of allylic oxidation sites excluding steroid dienone is 1. The van der Waals surface area contributed by atoms with E-state index in [9.17, 15) is 14.7 Å². The normalized spacial score (nSPS) is 52.8. The van der Waals surface area contributed by atoms with Crippen LogP contribution in [0.5, 0.6) is 0 Å². The second-order valence-corrected chi connectivity index (χ2v) is 14.3. The first kappa shape index (κ1) is 23.6. The fourth-order valence-corrected chi connectivity index (χ4v) is 11.3. The summed E-state index contributed by atoms with van der Waals surface area (Å²) in [7, 11) is 0. The smallest absolute Gasteiger partial charge is 0.309 e. The number of carbonyl (C=O) groups excluding carboxylic acids is 1. The highest BCUT2D eigenvalue weighted by Gasteiger charge is 2.72. The average molecular weight is 455 g/mol. The predicted molar refractivity (Wildman–Crippen MR) is 132 cm³/mol. The highest BCUT2D eigenvalue weighted by molar-refractivity contribution is 5.85. The fraction of sp³-hybridized carbons (Fsp3) is 0.867. The van der Waals surface area contributed by atoms with Gasteiger partial charge in [0.15, 0.2) is 0 Å². The minimum Gasteiger partial charge on any atom is -0.481 e. The molecule has 0 heterocycles. The molecule has 1 N–H and O–H groups in total. The van der Waals surface area contributed by atoms with Crippen molar-refractivity contribution >= 4 is 11.8 Å². The number of carboxylic acid groups (broad SMARTS) is 1. The molecule has 5 saturated carbocycles. The molecule has 0 amide bonds. The van der Waals surface area contributed by atoms with Crippen LogP contribution in [-0.2, 0) is 9.59 Å². The Kier molecular flexibility index (Phi) is 4.99. The van der Waals surface area contributed by atoms with Gasteiger partial charge in [0.25, 0.3) is 0 Å². The lowest BCUT2D eigenvalue weighted by molar-refractivity contribution is -0.235. The first-order valence-corrected chi connectivity index (χ1v) is 13.7. The number of aliphatic carboxylic acids is 1. The van der Waals surface area contributed by atoms with Crippen LogP contribution in [0, 0.1) is 56.7 Å². The Morgan fingerprint density at radius 3 is 2.21 bits per heavy atom. The van der Waals surface area contributed by atoms with Crippen molar-refractivity contribution in [2.24, 2.45) is 56.7 Å². The van der Waals surface area contributed by atoms with E-state index in [0.717, 1.165) is 51.4 Å². The molecule has 33 heavy (non-hydrogen) atoms. The molecule has 0 aliphatic heterocycles. The van der Waals surface area contributed by atoms with Crippen LogP contribution < -0.4 is 0 Å². The topological polar surface area (TPSA) is 54.4 Å². The maximum Gasteiger partial charge on any atom is 0.309 e. The quantitative estimate of drug-likeness (QED) is 0.445. The average Bonchev–Trinajstić information content (AvgIpc) is 3.13. The fourth-order valence-electron chi connectivity index (χ4n) is 11.3. The van der Waals surface area contributed by atoms with Crippen molar-refractivity contribution < 1.29 is 14.7 Å². The molecule has 3 nitrogen and oxygen atoms in total. The van der Waals surface area contributed by atoms with Crippen molar-refractivity contribution in [3.63, 3.8) is 0 Å². The van der Waals surface area contributed by atoms with E-state index in [1.165, 1.54) is 18.4 Å². The first-order chi connectivity index (χ1) is 15.3. The summed E-state index contributed by atoms with van der Waals surface area (Å²) in [6, 6.07) is 0. The summed E-state index contributed by atoms with van der Waals surface area (Å²) in [6.45, 7) is 18.5. The molecular formula is C30H46O3. The van der Waals surface area contributed by atoms with Gasteiger partial charge < -0.3 is 5.11 Å². The lowest BCUT2D eigenvalue weighted by Crippen LogP contribution is -2.66. The van der Waals surface area contributed by atoms with Crippen LogP contribution in [-0.4, -0.2) is 16.9 Å². The summed E-state index contributed by atoms with van der Waals surface area (Å²) in [5.41, 5.74) is 1.03.